The van der Waals surface area contributed by atoms with Gasteiger partial charge in [-0.25, -0.2) is 0 Å². The van der Waals surface area contributed by atoms with E-state index in [9.17, 15) is 0 Å². The van der Waals surface area contributed by atoms with E-state index in [4.69, 9.17) is 0 Å². The molecule has 0 unspecified atom stereocenters. The number of nitrogens with zero attached hydrogens (tertiary/aromatic N) is 3. The monoisotopic (exact) mass is 547 g/mol. The summed E-state index contributed by atoms with van der Waals surface area (Å²) in [5.74, 6) is 1.12. The topological polar surface area (TPSA) is 37.5 Å². The number of fused-ring (bicyclic) bond motifs is 1. The quantitative estimate of drug-likeness (QED) is 0.159. The first-order valence-corrected chi connectivity index (χ1v) is 15.1. The van der Waals surface area contributed by atoms with Crippen molar-refractivity contribution in [3.63, 3.8) is 0 Å². The van der Waals surface area contributed by atoms with Gasteiger partial charge in [-0.05, 0) is 65.6 Å². The van der Waals surface area contributed by atoms with Crippen molar-refractivity contribution in [1.82, 2.24) is 20.1 Å². The predicted molar refractivity (Wildman–Crippen MR) is 175 cm³/mol. The number of hydrogen-bond acceptors (Lipinski definition) is 4. The summed E-state index contributed by atoms with van der Waals surface area (Å²) in [7, 11) is 1.96. The zero-order chi connectivity index (χ0) is 28.4. The highest BCUT2D eigenvalue weighted by Crippen LogP contribution is 2.29. The molecule has 1 fully saturated rings. The molecular weight excluding hydrogens is 502 g/mol. The summed E-state index contributed by atoms with van der Waals surface area (Å²) in [6.45, 7) is 14.8. The van der Waals surface area contributed by atoms with E-state index in [1.807, 2.05) is 13.2 Å². The molecule has 0 aliphatic carbocycles. The van der Waals surface area contributed by atoms with E-state index < -0.39 is 0 Å². The molecule has 0 amide bonds. The van der Waals surface area contributed by atoms with Crippen LogP contribution < -0.4 is 10.2 Å². The molecule has 0 atom stereocenters. The van der Waals surface area contributed by atoms with Crippen LogP contribution in [0.1, 0.15) is 37.7 Å². The lowest BCUT2D eigenvalue weighted by Crippen LogP contribution is -2.48. The maximum atomic E-state index is 4.63. The van der Waals surface area contributed by atoms with Gasteiger partial charge in [0.2, 0.25) is 0 Å². The Kier molecular flexibility index (Phi) is 9.82. The van der Waals surface area contributed by atoms with Gasteiger partial charge in [0.25, 0.3) is 0 Å². The Labute approximate surface area is 246 Å². The third-order valence-electron chi connectivity index (χ3n) is 8.33. The highest BCUT2D eigenvalue weighted by molar-refractivity contribution is 5.85. The molecule has 5 heteroatoms. The lowest BCUT2D eigenvalue weighted by Gasteiger charge is -2.41. The van der Waals surface area contributed by atoms with Crippen molar-refractivity contribution < 1.29 is 0 Å². The molecule has 214 valence electrons. The average Bonchev–Trinajstić information content (AvgIpc) is 3.49. The normalized spacial score (nSPS) is 13.8. The second kappa shape index (κ2) is 14.1. The Bertz CT molecular complexity index is 1400. The molecule has 3 aromatic carbocycles. The standard InChI is InChI=1S/C36H45N5/c1-29(37-3)11-7-4-5-10-22-41(30(2)40-25-23-39(24-26-40)28-31-12-8-6-9-13-31)35-18-16-32(17-19-35)34-15-14-33-20-21-38-36(33)27-34/h6,8-9,12-21,27,37-38H,1-2,4-5,7,10-11,22-26,28H2,3H3. The first kappa shape index (κ1) is 28.6. The van der Waals surface area contributed by atoms with Crippen LogP contribution in [-0.4, -0.2) is 54.6 Å². The Morgan fingerprint density at radius 2 is 1.56 bits per heavy atom. The lowest BCUT2D eigenvalue weighted by atomic mass is 10.0. The summed E-state index contributed by atoms with van der Waals surface area (Å²) >= 11 is 0. The van der Waals surface area contributed by atoms with Crippen LogP contribution in [0.3, 0.4) is 0 Å². The molecule has 0 spiro atoms. The van der Waals surface area contributed by atoms with E-state index in [2.05, 4.69) is 117 Å². The van der Waals surface area contributed by atoms with Gasteiger partial charge in [-0.2, -0.15) is 0 Å². The minimum atomic E-state index is 0.976. The summed E-state index contributed by atoms with van der Waals surface area (Å²) in [4.78, 5) is 10.8. The molecule has 2 heterocycles. The smallest absolute Gasteiger partial charge is 0.101 e. The highest BCUT2D eigenvalue weighted by atomic mass is 15.4. The molecule has 1 aliphatic rings. The molecular formula is C36H45N5. The van der Waals surface area contributed by atoms with Crippen LogP contribution in [-0.2, 0) is 6.54 Å². The molecule has 0 saturated carbocycles. The summed E-state index contributed by atoms with van der Waals surface area (Å²) in [6.07, 6.45) is 7.81. The first-order chi connectivity index (χ1) is 20.1. The van der Waals surface area contributed by atoms with Gasteiger partial charge < -0.3 is 20.1 Å². The Hall–Kier alpha value is -3.96. The molecule has 1 aromatic heterocycles. The largest absolute Gasteiger partial charge is 0.392 e. The van der Waals surface area contributed by atoms with Gasteiger partial charge in [-0.1, -0.05) is 80.6 Å². The van der Waals surface area contributed by atoms with Gasteiger partial charge in [-0.3, -0.25) is 4.90 Å². The Morgan fingerprint density at radius 1 is 0.829 bits per heavy atom. The number of nitrogens with one attached hydrogen (secondary N) is 2. The minimum absolute atomic E-state index is 0.976. The number of anilines is 1. The van der Waals surface area contributed by atoms with Gasteiger partial charge in [0, 0.05) is 69.4 Å². The van der Waals surface area contributed by atoms with E-state index in [0.717, 1.165) is 63.6 Å². The van der Waals surface area contributed by atoms with Crippen LogP contribution in [0.4, 0.5) is 5.69 Å². The third-order valence-corrected chi connectivity index (χ3v) is 8.33. The number of hydrogen-bond donors (Lipinski definition) is 2. The van der Waals surface area contributed by atoms with Crippen molar-refractivity contribution in [3.05, 3.63) is 115 Å². The van der Waals surface area contributed by atoms with Crippen LogP contribution >= 0.6 is 0 Å². The first-order valence-electron chi connectivity index (χ1n) is 15.1. The van der Waals surface area contributed by atoms with Gasteiger partial charge in [-0.15, -0.1) is 0 Å². The maximum Gasteiger partial charge on any atom is 0.101 e. The number of aromatic nitrogens is 1. The fourth-order valence-electron chi connectivity index (χ4n) is 5.73. The Balaban J connectivity index is 1.23. The molecule has 4 aromatic rings. The molecule has 0 radical (unpaired) electrons. The second-order valence-electron chi connectivity index (χ2n) is 11.2. The van der Waals surface area contributed by atoms with Crippen LogP contribution in [0.25, 0.3) is 22.0 Å². The maximum absolute atomic E-state index is 4.63. The van der Waals surface area contributed by atoms with Crippen molar-refractivity contribution in [3.8, 4) is 11.1 Å². The SMILES string of the molecule is C=C(CCCCCCN(C(=C)N1CCN(Cc2ccccc2)CC1)c1ccc(-c2ccc3cc[nH]c3c2)cc1)NC. The van der Waals surface area contributed by atoms with E-state index in [0.29, 0.717) is 0 Å². The molecule has 1 saturated heterocycles. The lowest BCUT2D eigenvalue weighted by molar-refractivity contribution is 0.150. The van der Waals surface area contributed by atoms with Crippen LogP contribution in [0.2, 0.25) is 0 Å². The summed E-state index contributed by atoms with van der Waals surface area (Å²) in [6, 6.07) is 28.6. The highest BCUT2D eigenvalue weighted by Gasteiger charge is 2.22. The molecule has 1 aliphatic heterocycles. The predicted octanol–water partition coefficient (Wildman–Crippen LogP) is 7.61. The summed E-state index contributed by atoms with van der Waals surface area (Å²) < 4.78 is 0. The molecule has 5 rings (SSSR count). The van der Waals surface area contributed by atoms with Gasteiger partial charge in [0.1, 0.15) is 5.82 Å². The van der Waals surface area contributed by atoms with Gasteiger partial charge in [0.05, 0.1) is 0 Å². The van der Waals surface area contributed by atoms with E-state index in [-0.39, 0.29) is 0 Å². The van der Waals surface area contributed by atoms with Gasteiger partial charge in [0.15, 0.2) is 0 Å². The van der Waals surface area contributed by atoms with E-state index >= 15 is 0 Å². The fourth-order valence-corrected chi connectivity index (χ4v) is 5.73. The molecule has 0 bridgehead atoms. The Morgan fingerprint density at radius 3 is 2.32 bits per heavy atom. The average molecular weight is 548 g/mol. The summed E-state index contributed by atoms with van der Waals surface area (Å²) in [5, 5.41) is 4.40. The number of benzene rings is 3. The van der Waals surface area contributed by atoms with E-state index in [1.165, 1.54) is 52.5 Å². The zero-order valence-corrected chi connectivity index (χ0v) is 24.6. The minimum Gasteiger partial charge on any atom is -0.392 e. The molecule has 2 N–H and O–H groups in total. The van der Waals surface area contributed by atoms with Crippen LogP contribution in [0, 0.1) is 0 Å². The van der Waals surface area contributed by atoms with Crippen molar-refractivity contribution in [2.24, 2.45) is 0 Å². The van der Waals surface area contributed by atoms with Crippen LogP contribution in [0.15, 0.2) is 110 Å². The number of piperazine rings is 1. The van der Waals surface area contributed by atoms with Crippen molar-refractivity contribution >= 4 is 16.6 Å². The molecule has 5 nitrogen and oxygen atoms in total. The van der Waals surface area contributed by atoms with Gasteiger partial charge >= 0.3 is 0 Å². The van der Waals surface area contributed by atoms with Crippen molar-refractivity contribution in [2.75, 3.05) is 44.7 Å². The van der Waals surface area contributed by atoms with Crippen LogP contribution in [0.5, 0.6) is 0 Å². The third kappa shape index (κ3) is 7.62. The number of unbranched alkanes of at least 4 members (excludes halogenated alkanes) is 3. The fraction of sp³-hybridized carbons (Fsp3) is 0.333. The number of aromatic amines is 1. The number of rotatable bonds is 14. The van der Waals surface area contributed by atoms with E-state index in [1.54, 1.807) is 0 Å². The number of H-pyrrole nitrogens is 1. The molecule has 41 heavy (non-hydrogen) atoms. The second-order valence-corrected chi connectivity index (χ2v) is 11.2. The summed E-state index contributed by atoms with van der Waals surface area (Å²) in [5.41, 5.74) is 7.36. The zero-order valence-electron chi connectivity index (χ0n) is 24.6. The van der Waals surface area contributed by atoms with Crippen molar-refractivity contribution in [1.29, 1.82) is 0 Å². The van der Waals surface area contributed by atoms with Crippen molar-refractivity contribution in [2.45, 2.75) is 38.6 Å². The number of allylic oxidation sites excluding steroid dienone is 1.